The molecule has 0 saturated carbocycles. The molecule has 0 aliphatic carbocycles. The van der Waals surface area contributed by atoms with Crippen molar-refractivity contribution in [1.82, 2.24) is 4.98 Å². The highest BCUT2D eigenvalue weighted by Gasteiger charge is 2.14. The van der Waals surface area contributed by atoms with E-state index >= 15 is 0 Å². The van der Waals surface area contributed by atoms with Gasteiger partial charge in [-0.1, -0.05) is 36.4 Å². The minimum absolute atomic E-state index is 0.350. The predicted molar refractivity (Wildman–Crippen MR) is 104 cm³/mol. The number of hydrogen-bond donors (Lipinski definition) is 2. The Morgan fingerprint density at radius 2 is 1.67 bits per heavy atom. The van der Waals surface area contributed by atoms with E-state index in [4.69, 9.17) is 4.74 Å². The molecular weight excluding hydrogens is 342 g/mol. The van der Waals surface area contributed by atoms with Crippen LogP contribution >= 0.6 is 0 Å². The molecule has 0 fully saturated rings. The summed E-state index contributed by atoms with van der Waals surface area (Å²) in [7, 11) is 0. The fraction of sp³-hybridized carbons (Fsp3) is 0.0952. The standard InChI is InChI=1S/C21H19N3O3/c1-15-8-7-13-19(22-15)24-20(25)14-27-21(26)17-11-5-6-12-18(17)23-16-9-3-2-4-10-16/h2-13,23H,14H2,1H3,(H,22,24,25). The molecule has 6 heteroatoms. The summed E-state index contributed by atoms with van der Waals surface area (Å²) in [6, 6.07) is 21.8. The molecule has 0 aliphatic rings. The molecule has 3 rings (SSSR count). The van der Waals surface area contributed by atoms with Crippen LogP contribution in [0.2, 0.25) is 0 Å². The molecule has 1 aromatic heterocycles. The smallest absolute Gasteiger partial charge is 0.340 e. The number of aromatic nitrogens is 1. The lowest BCUT2D eigenvalue weighted by molar-refractivity contribution is -0.119. The molecule has 1 heterocycles. The van der Waals surface area contributed by atoms with Gasteiger partial charge in [-0.3, -0.25) is 4.79 Å². The number of rotatable bonds is 6. The Kier molecular flexibility index (Phi) is 5.79. The number of pyridine rings is 1. The third-order valence-electron chi connectivity index (χ3n) is 3.69. The zero-order chi connectivity index (χ0) is 19.1. The molecule has 0 spiro atoms. The van der Waals surface area contributed by atoms with E-state index in [1.54, 1.807) is 30.3 Å². The number of nitrogens with zero attached hydrogens (tertiary/aromatic N) is 1. The van der Waals surface area contributed by atoms with Crippen molar-refractivity contribution in [3.05, 3.63) is 84.1 Å². The summed E-state index contributed by atoms with van der Waals surface area (Å²) < 4.78 is 5.15. The van der Waals surface area contributed by atoms with Crippen molar-refractivity contribution in [1.29, 1.82) is 0 Å². The first kappa shape index (κ1) is 18.1. The van der Waals surface area contributed by atoms with Crippen LogP contribution in [0.5, 0.6) is 0 Å². The van der Waals surface area contributed by atoms with Crippen LogP contribution in [0.4, 0.5) is 17.2 Å². The summed E-state index contributed by atoms with van der Waals surface area (Å²) in [6.45, 7) is 1.43. The molecule has 2 N–H and O–H groups in total. The summed E-state index contributed by atoms with van der Waals surface area (Å²) >= 11 is 0. The zero-order valence-corrected chi connectivity index (χ0v) is 14.8. The molecule has 1 amide bonds. The topological polar surface area (TPSA) is 80.3 Å². The maximum Gasteiger partial charge on any atom is 0.340 e. The van der Waals surface area contributed by atoms with Crippen molar-refractivity contribution in [2.24, 2.45) is 0 Å². The van der Waals surface area contributed by atoms with E-state index < -0.39 is 18.5 Å². The SMILES string of the molecule is Cc1cccc(NC(=O)COC(=O)c2ccccc2Nc2ccccc2)n1. The monoisotopic (exact) mass is 361 g/mol. The van der Waals surface area contributed by atoms with Gasteiger partial charge in [0.25, 0.3) is 5.91 Å². The molecule has 0 bridgehead atoms. The average Bonchev–Trinajstić information content (AvgIpc) is 2.67. The quantitative estimate of drug-likeness (QED) is 0.650. The van der Waals surface area contributed by atoms with Crippen molar-refractivity contribution < 1.29 is 14.3 Å². The fourth-order valence-corrected chi connectivity index (χ4v) is 2.45. The second-order valence-corrected chi connectivity index (χ2v) is 5.83. The normalized spacial score (nSPS) is 10.1. The third kappa shape index (κ3) is 5.15. The number of nitrogens with one attached hydrogen (secondary N) is 2. The van der Waals surface area contributed by atoms with E-state index in [2.05, 4.69) is 15.6 Å². The largest absolute Gasteiger partial charge is 0.452 e. The lowest BCUT2D eigenvalue weighted by Gasteiger charge is -2.12. The minimum atomic E-state index is -0.582. The molecule has 0 atom stereocenters. The molecular formula is C21H19N3O3. The number of esters is 1. The molecule has 0 saturated heterocycles. The summed E-state index contributed by atoms with van der Waals surface area (Å²) in [5.74, 6) is -0.612. The van der Waals surface area contributed by atoms with E-state index in [-0.39, 0.29) is 0 Å². The van der Waals surface area contributed by atoms with Crippen molar-refractivity contribution in [2.75, 3.05) is 17.2 Å². The molecule has 0 radical (unpaired) electrons. The first-order chi connectivity index (χ1) is 13.1. The van der Waals surface area contributed by atoms with Crippen molar-refractivity contribution in [2.45, 2.75) is 6.92 Å². The Labute approximate surface area is 157 Å². The van der Waals surface area contributed by atoms with Crippen LogP contribution in [0.15, 0.2) is 72.8 Å². The van der Waals surface area contributed by atoms with Gasteiger partial charge in [-0.2, -0.15) is 0 Å². The van der Waals surface area contributed by atoms with E-state index in [1.807, 2.05) is 49.4 Å². The van der Waals surface area contributed by atoms with Gasteiger partial charge in [-0.15, -0.1) is 0 Å². The number of benzene rings is 2. The van der Waals surface area contributed by atoms with Gasteiger partial charge in [0.15, 0.2) is 6.61 Å². The van der Waals surface area contributed by atoms with Gasteiger partial charge in [0.2, 0.25) is 0 Å². The number of hydrogen-bond acceptors (Lipinski definition) is 5. The van der Waals surface area contributed by atoms with Crippen LogP contribution in [0.3, 0.4) is 0 Å². The number of carbonyl (C=O) groups excluding carboxylic acids is 2. The van der Waals surface area contributed by atoms with Crippen LogP contribution < -0.4 is 10.6 Å². The minimum Gasteiger partial charge on any atom is -0.452 e. The molecule has 136 valence electrons. The Morgan fingerprint density at radius 1 is 0.926 bits per heavy atom. The fourth-order valence-electron chi connectivity index (χ4n) is 2.45. The van der Waals surface area contributed by atoms with E-state index in [0.717, 1.165) is 11.4 Å². The van der Waals surface area contributed by atoms with Gasteiger partial charge in [-0.05, 0) is 43.3 Å². The van der Waals surface area contributed by atoms with Crippen LogP contribution in [0, 0.1) is 6.92 Å². The second-order valence-electron chi connectivity index (χ2n) is 5.83. The number of amides is 1. The lowest BCUT2D eigenvalue weighted by atomic mass is 10.1. The van der Waals surface area contributed by atoms with Crippen molar-refractivity contribution >= 4 is 29.1 Å². The van der Waals surface area contributed by atoms with Crippen LogP contribution in [-0.2, 0) is 9.53 Å². The third-order valence-corrected chi connectivity index (χ3v) is 3.69. The highest BCUT2D eigenvalue weighted by atomic mass is 16.5. The Bertz CT molecular complexity index is 942. The summed E-state index contributed by atoms with van der Waals surface area (Å²) in [6.07, 6.45) is 0. The number of aryl methyl sites for hydroxylation is 1. The predicted octanol–water partition coefficient (Wildman–Crippen LogP) is 3.93. The molecule has 27 heavy (non-hydrogen) atoms. The lowest BCUT2D eigenvalue weighted by Crippen LogP contribution is -2.21. The Hall–Kier alpha value is -3.67. The van der Waals surface area contributed by atoms with E-state index in [1.165, 1.54) is 0 Å². The highest BCUT2D eigenvalue weighted by Crippen LogP contribution is 2.21. The van der Waals surface area contributed by atoms with E-state index in [0.29, 0.717) is 17.1 Å². The van der Waals surface area contributed by atoms with Crippen molar-refractivity contribution in [3.63, 3.8) is 0 Å². The summed E-state index contributed by atoms with van der Waals surface area (Å²) in [4.78, 5) is 28.6. The Balaban J connectivity index is 1.62. The molecule has 6 nitrogen and oxygen atoms in total. The maximum absolute atomic E-state index is 12.4. The maximum atomic E-state index is 12.4. The number of ether oxygens (including phenoxy) is 1. The molecule has 0 aliphatic heterocycles. The zero-order valence-electron chi connectivity index (χ0n) is 14.8. The van der Waals surface area contributed by atoms with Crippen LogP contribution in [0.1, 0.15) is 16.1 Å². The molecule has 3 aromatic rings. The number of para-hydroxylation sites is 2. The molecule has 0 unspecified atom stereocenters. The van der Waals surface area contributed by atoms with E-state index in [9.17, 15) is 9.59 Å². The Morgan fingerprint density at radius 3 is 2.44 bits per heavy atom. The number of carbonyl (C=O) groups is 2. The van der Waals surface area contributed by atoms with Crippen LogP contribution in [-0.4, -0.2) is 23.5 Å². The first-order valence-electron chi connectivity index (χ1n) is 8.43. The van der Waals surface area contributed by atoms with Gasteiger partial charge in [-0.25, -0.2) is 9.78 Å². The summed E-state index contributed by atoms with van der Waals surface area (Å²) in [5, 5.41) is 5.78. The second kappa shape index (κ2) is 8.62. The average molecular weight is 361 g/mol. The first-order valence-corrected chi connectivity index (χ1v) is 8.43. The van der Waals surface area contributed by atoms with Crippen LogP contribution in [0.25, 0.3) is 0 Å². The summed E-state index contributed by atoms with van der Waals surface area (Å²) in [5.41, 5.74) is 2.59. The molecule has 2 aromatic carbocycles. The van der Waals surface area contributed by atoms with Gasteiger partial charge in [0.1, 0.15) is 5.82 Å². The number of anilines is 3. The van der Waals surface area contributed by atoms with Gasteiger partial charge in [0.05, 0.1) is 11.3 Å². The van der Waals surface area contributed by atoms with Gasteiger partial charge >= 0.3 is 5.97 Å². The van der Waals surface area contributed by atoms with Crippen molar-refractivity contribution in [3.8, 4) is 0 Å². The highest BCUT2D eigenvalue weighted by molar-refractivity contribution is 5.98. The van der Waals surface area contributed by atoms with Gasteiger partial charge < -0.3 is 15.4 Å². The van der Waals surface area contributed by atoms with Gasteiger partial charge in [0, 0.05) is 11.4 Å².